The van der Waals surface area contributed by atoms with Crippen molar-refractivity contribution in [2.24, 2.45) is 0 Å². The summed E-state index contributed by atoms with van der Waals surface area (Å²) in [7, 11) is 1.07. The molecule has 1 aliphatic heterocycles. The van der Waals surface area contributed by atoms with E-state index in [0.717, 1.165) is 44.8 Å². The fourth-order valence-corrected chi connectivity index (χ4v) is 4.04. The average Bonchev–Trinajstić information content (AvgIpc) is 3.06. The van der Waals surface area contributed by atoms with Gasteiger partial charge in [0.05, 0.1) is 7.11 Å². The molecule has 0 radical (unpaired) electrons. The summed E-state index contributed by atoms with van der Waals surface area (Å²) in [6, 6.07) is 5.48. The van der Waals surface area contributed by atoms with Crippen molar-refractivity contribution in [1.29, 1.82) is 0 Å². The maximum atomic E-state index is 11.9. The minimum absolute atomic E-state index is 0.123. The van der Waals surface area contributed by atoms with Gasteiger partial charge in [0, 0.05) is 16.5 Å². The minimum atomic E-state index is -2.23. The number of hydrogen-bond donors (Lipinski definition) is 2. The van der Waals surface area contributed by atoms with Crippen LogP contribution in [0.15, 0.2) is 18.2 Å². The van der Waals surface area contributed by atoms with Gasteiger partial charge in [-0.25, -0.2) is 9.59 Å². The fourth-order valence-electron chi connectivity index (χ4n) is 3.54. The monoisotopic (exact) mass is 482 g/mol. The summed E-state index contributed by atoms with van der Waals surface area (Å²) in [5.41, 5.74) is -1.17. The first-order valence-electron chi connectivity index (χ1n) is 11.3. The number of ether oxygens (including phenoxy) is 2. The van der Waals surface area contributed by atoms with Crippen LogP contribution in [0.5, 0.6) is 0 Å². The van der Waals surface area contributed by atoms with Crippen molar-refractivity contribution < 1.29 is 29.3 Å². The molecule has 1 aliphatic rings. The van der Waals surface area contributed by atoms with Crippen molar-refractivity contribution in [2.75, 3.05) is 7.11 Å². The zero-order valence-corrected chi connectivity index (χ0v) is 20.8. The molecular weight excluding hydrogens is 450 g/mol. The summed E-state index contributed by atoms with van der Waals surface area (Å²) in [5, 5.41) is 22.7. The van der Waals surface area contributed by atoms with Crippen LogP contribution in [-0.2, 0) is 25.5 Å². The number of aryl methyl sites for hydroxylation is 1. The Labute approximate surface area is 210 Å². The van der Waals surface area contributed by atoms with Crippen molar-refractivity contribution in [3.8, 4) is 0 Å². The second-order valence-corrected chi connectivity index (χ2v) is 8.97. The normalized spacial score (nSPS) is 20.9. The molecule has 0 saturated carbocycles. The topological polar surface area (TPSA) is 93.1 Å². The van der Waals surface area contributed by atoms with E-state index in [2.05, 4.69) is 29.4 Å². The molecule has 1 heterocycles. The first kappa shape index (κ1) is 29.3. The van der Waals surface area contributed by atoms with Gasteiger partial charge in [0.2, 0.25) is 5.60 Å². The molecule has 3 atom stereocenters. The molecule has 2 N–H and O–H groups in total. The van der Waals surface area contributed by atoms with Crippen molar-refractivity contribution >= 4 is 52.9 Å². The number of carbonyl (C=O) groups excluding carboxylic acids is 2. The molecule has 1 aromatic rings. The third kappa shape index (κ3) is 9.25. The second kappa shape index (κ2) is 15.2. The molecule has 6 nitrogen and oxygen atoms in total. The van der Waals surface area contributed by atoms with Gasteiger partial charge in [-0.15, -0.1) is 0 Å². The van der Waals surface area contributed by atoms with Crippen LogP contribution < -0.4 is 0 Å². The molecule has 0 spiro atoms. The van der Waals surface area contributed by atoms with E-state index in [-0.39, 0.29) is 6.42 Å². The number of methoxy groups -OCH3 is 1. The number of esters is 2. The van der Waals surface area contributed by atoms with Crippen molar-refractivity contribution in [1.82, 2.24) is 0 Å². The molecule has 176 valence electrons. The summed E-state index contributed by atoms with van der Waals surface area (Å²) < 4.78 is 9.49. The first-order valence-corrected chi connectivity index (χ1v) is 12.1. The van der Waals surface area contributed by atoms with Gasteiger partial charge < -0.3 is 19.7 Å². The molecule has 1 fully saturated rings. The van der Waals surface area contributed by atoms with Crippen LogP contribution in [0.3, 0.4) is 0 Å². The predicted octanol–water partition coefficient (Wildman–Crippen LogP) is 4.44. The molecule has 0 aliphatic carbocycles. The Balaban J connectivity index is 0.000000920. The third-order valence-corrected chi connectivity index (χ3v) is 6.07. The van der Waals surface area contributed by atoms with E-state index in [9.17, 15) is 19.8 Å². The van der Waals surface area contributed by atoms with Gasteiger partial charge in [-0.1, -0.05) is 42.1 Å². The van der Waals surface area contributed by atoms with Gasteiger partial charge in [0.1, 0.15) is 6.10 Å². The standard InChI is InChI=1S/C19H24Cl2O6.C4H9.Li/c1-26-17(23)16(22)19(25)11-14(27-18(19)24)7-5-3-2-4-6-12-8-9-13(20)10-15(12)21;1-3-4-2;/h8-10,14,16,22,25H,2-7,11H2,1H3;1,3-4H2,2H3;. The second-order valence-electron chi connectivity index (χ2n) is 8.12. The molecule has 0 amide bonds. The summed E-state index contributed by atoms with van der Waals surface area (Å²) in [5.74, 6) is -2.04. The molecule has 0 aromatic heterocycles. The molecule has 1 aromatic carbocycles. The number of hydrogen-bond acceptors (Lipinski definition) is 6. The van der Waals surface area contributed by atoms with Crippen LogP contribution in [0.1, 0.15) is 63.9 Å². The van der Waals surface area contributed by atoms with Gasteiger partial charge in [0.25, 0.3) is 0 Å². The van der Waals surface area contributed by atoms with Crippen LogP contribution in [0.4, 0.5) is 0 Å². The third-order valence-electron chi connectivity index (χ3n) is 5.49. The summed E-state index contributed by atoms with van der Waals surface area (Å²) in [6.07, 6.45) is 5.25. The molecule has 9 heteroatoms. The molecule has 32 heavy (non-hydrogen) atoms. The van der Waals surface area contributed by atoms with E-state index in [4.69, 9.17) is 27.9 Å². The van der Waals surface area contributed by atoms with Gasteiger partial charge in [-0.05, 0) is 43.4 Å². The van der Waals surface area contributed by atoms with Crippen LogP contribution >= 0.6 is 23.2 Å². The summed E-state index contributed by atoms with van der Waals surface area (Å²) in [4.78, 5) is 23.2. The Hall–Kier alpha value is -0.743. The number of benzene rings is 1. The number of halogens is 2. The van der Waals surface area contributed by atoms with E-state index in [1.165, 1.54) is 17.9 Å². The van der Waals surface area contributed by atoms with Crippen LogP contribution in [-0.4, -0.2) is 64.8 Å². The Morgan fingerprint density at radius 2 is 1.97 bits per heavy atom. The Kier molecular flexibility index (Phi) is 13.9. The zero-order valence-electron chi connectivity index (χ0n) is 19.2. The van der Waals surface area contributed by atoms with Gasteiger partial charge in [-0.3, -0.25) is 0 Å². The van der Waals surface area contributed by atoms with E-state index in [1.807, 2.05) is 12.1 Å². The Bertz CT molecular complexity index is 730. The van der Waals surface area contributed by atoms with E-state index in [1.54, 1.807) is 6.07 Å². The van der Waals surface area contributed by atoms with Crippen molar-refractivity contribution in [2.45, 2.75) is 87.6 Å². The number of unbranched alkanes of at least 4 members (excludes halogenated alkanes) is 4. The van der Waals surface area contributed by atoms with Gasteiger partial charge >= 0.3 is 54.5 Å². The number of rotatable bonds is 11. The van der Waals surface area contributed by atoms with Crippen molar-refractivity contribution in [3.63, 3.8) is 0 Å². The average molecular weight is 483 g/mol. The van der Waals surface area contributed by atoms with Crippen LogP contribution in [0, 0.1) is 0 Å². The zero-order chi connectivity index (χ0) is 24.1. The first-order chi connectivity index (χ1) is 15.2. The number of aliphatic hydroxyl groups is 2. The molecule has 0 bridgehead atoms. The quantitative estimate of drug-likeness (QED) is 0.275. The molecule has 1 saturated heterocycles. The van der Waals surface area contributed by atoms with E-state index >= 15 is 0 Å². The number of carbonyl (C=O) groups is 2. The Morgan fingerprint density at radius 1 is 1.28 bits per heavy atom. The predicted molar refractivity (Wildman–Crippen MR) is 126 cm³/mol. The Morgan fingerprint density at radius 3 is 2.53 bits per heavy atom. The van der Waals surface area contributed by atoms with E-state index < -0.39 is 29.7 Å². The van der Waals surface area contributed by atoms with E-state index in [0.29, 0.717) is 16.5 Å². The fraction of sp³-hybridized carbons (Fsp3) is 0.652. The SMILES string of the molecule is COC(=O)C(O)C1(O)CC(CCCCCCc2ccc(Cl)cc2Cl)OC1=O.[Li][CH2]CCC. The van der Waals surface area contributed by atoms with Gasteiger partial charge in [0.15, 0.2) is 6.10 Å². The number of cyclic esters (lactones) is 1. The maximum absolute atomic E-state index is 11.9. The number of aliphatic hydroxyl groups excluding tert-OH is 1. The van der Waals surface area contributed by atoms with Crippen LogP contribution in [0.2, 0.25) is 15.1 Å². The molecule has 2 rings (SSSR count). The van der Waals surface area contributed by atoms with Crippen LogP contribution in [0.25, 0.3) is 0 Å². The summed E-state index contributed by atoms with van der Waals surface area (Å²) >= 11 is 14.2. The molecular formula is C23H33Cl2LiO6. The van der Waals surface area contributed by atoms with Crippen molar-refractivity contribution in [3.05, 3.63) is 33.8 Å². The summed E-state index contributed by atoms with van der Waals surface area (Å²) in [6.45, 7) is 2.21. The molecule has 3 unspecified atom stereocenters. The van der Waals surface area contributed by atoms with Gasteiger partial charge in [-0.2, -0.15) is 0 Å².